The number of methoxy groups -OCH3 is 4. The van der Waals surface area contributed by atoms with Crippen LogP contribution in [0, 0.1) is 0 Å². The molecule has 2 aromatic rings. The highest BCUT2D eigenvalue weighted by Crippen LogP contribution is 2.49. The third-order valence-electron chi connectivity index (χ3n) is 7.46. The van der Waals surface area contributed by atoms with Crippen molar-refractivity contribution in [1.29, 1.82) is 0 Å². The van der Waals surface area contributed by atoms with Crippen LogP contribution in [-0.2, 0) is 20.3 Å². The van der Waals surface area contributed by atoms with Crippen molar-refractivity contribution < 1.29 is 28.1 Å². The molecule has 1 aliphatic rings. The third kappa shape index (κ3) is 5.75. The minimum Gasteiger partial charge on any atom is -0.493 e. The fourth-order valence-electron chi connectivity index (χ4n) is 5.70. The number of hydrogen-bond donors (Lipinski definition) is 0. The highest BCUT2D eigenvalue weighted by atomic mass is 28.4. The lowest BCUT2D eigenvalue weighted by Gasteiger charge is -2.46. The van der Waals surface area contributed by atoms with Crippen molar-refractivity contribution in [3.8, 4) is 17.2 Å². The van der Waals surface area contributed by atoms with Crippen LogP contribution in [0.3, 0.4) is 0 Å². The summed E-state index contributed by atoms with van der Waals surface area (Å²) in [6.07, 6.45) is 4.26. The van der Waals surface area contributed by atoms with E-state index in [0.29, 0.717) is 23.7 Å². The second-order valence-corrected chi connectivity index (χ2v) is 15.0. The normalized spacial score (nSPS) is 20.0. The van der Waals surface area contributed by atoms with Gasteiger partial charge in [-0.25, -0.2) is 0 Å². The molecule has 0 spiro atoms. The zero-order valence-corrected chi connectivity index (χ0v) is 25.0. The Morgan fingerprint density at radius 2 is 1.68 bits per heavy atom. The Bertz CT molecular complexity index is 1060. The lowest BCUT2D eigenvalue weighted by molar-refractivity contribution is -0.0843. The van der Waals surface area contributed by atoms with Crippen molar-refractivity contribution >= 4 is 13.5 Å². The van der Waals surface area contributed by atoms with Crippen LogP contribution in [0.4, 0.5) is 0 Å². The molecular formula is C30H44O6Si. The van der Waals surface area contributed by atoms with E-state index in [1.165, 1.54) is 10.4 Å². The van der Waals surface area contributed by atoms with Gasteiger partial charge in [-0.2, -0.15) is 0 Å². The molecule has 0 saturated heterocycles. The van der Waals surface area contributed by atoms with Gasteiger partial charge in [0, 0.05) is 25.2 Å². The molecule has 204 valence electrons. The highest BCUT2D eigenvalue weighted by Gasteiger charge is 2.51. The zero-order valence-electron chi connectivity index (χ0n) is 24.0. The van der Waals surface area contributed by atoms with Gasteiger partial charge in [-0.15, -0.1) is 0 Å². The van der Waals surface area contributed by atoms with Crippen molar-refractivity contribution in [1.82, 2.24) is 0 Å². The molecule has 0 aromatic heterocycles. The van der Waals surface area contributed by atoms with Gasteiger partial charge in [0.2, 0.25) is 5.75 Å². The second-order valence-electron chi connectivity index (χ2n) is 10.6. The molecule has 6 nitrogen and oxygen atoms in total. The van der Waals surface area contributed by atoms with E-state index >= 15 is 0 Å². The fourth-order valence-corrected chi connectivity index (χ4v) is 10.7. The molecule has 0 heterocycles. The van der Waals surface area contributed by atoms with Crippen LogP contribution >= 0.6 is 0 Å². The number of allylic oxidation sites excluding steroid dienone is 2. The van der Waals surface area contributed by atoms with Gasteiger partial charge in [-0.3, -0.25) is 0 Å². The molecule has 0 radical (unpaired) electrons. The van der Waals surface area contributed by atoms with E-state index in [4.69, 9.17) is 28.1 Å². The maximum absolute atomic E-state index is 7.44. The van der Waals surface area contributed by atoms with E-state index in [-0.39, 0.29) is 24.0 Å². The SMILES string of the molecule is CC=C(C)[Si](OC1CCc2c(cc(OC)c(OC)c2OC)C(OCOC)C1)(c1ccccc1)C(C)(C)C. The minimum atomic E-state index is -2.61. The van der Waals surface area contributed by atoms with E-state index in [9.17, 15) is 0 Å². The summed E-state index contributed by atoms with van der Waals surface area (Å²) in [7, 11) is 3.97. The molecule has 0 saturated carbocycles. The molecular weight excluding hydrogens is 484 g/mol. The standard InChI is InChI=1S/C30H44O6Si/c1-10-21(2)37(30(3,4)5,23-14-12-11-13-15-23)36-22-16-17-24-25(26(18-22)35-20-31-6)19-27(32-7)29(34-9)28(24)33-8/h10-15,19,22,26H,16-18,20H2,1-9H3. The Morgan fingerprint density at radius 1 is 1.00 bits per heavy atom. The average Bonchev–Trinajstić information content (AvgIpc) is 3.07. The first-order valence-electron chi connectivity index (χ1n) is 13.0. The summed E-state index contributed by atoms with van der Waals surface area (Å²) in [5.74, 6) is 1.91. The Morgan fingerprint density at radius 3 is 2.22 bits per heavy atom. The van der Waals surface area contributed by atoms with Gasteiger partial charge in [0.1, 0.15) is 6.79 Å². The molecule has 0 bridgehead atoms. The quantitative estimate of drug-likeness (QED) is 0.206. The zero-order chi connectivity index (χ0) is 27.2. The first-order chi connectivity index (χ1) is 17.7. The molecule has 7 heteroatoms. The molecule has 3 atom stereocenters. The number of hydrogen-bond acceptors (Lipinski definition) is 6. The largest absolute Gasteiger partial charge is 0.493 e. The monoisotopic (exact) mass is 528 g/mol. The summed E-state index contributed by atoms with van der Waals surface area (Å²) in [6, 6.07) is 12.8. The predicted molar refractivity (Wildman–Crippen MR) is 151 cm³/mol. The van der Waals surface area contributed by atoms with Gasteiger partial charge in [-0.1, -0.05) is 62.4 Å². The summed E-state index contributed by atoms with van der Waals surface area (Å²) in [4.78, 5) is 0. The first kappa shape index (κ1) is 29.2. The van der Waals surface area contributed by atoms with Crippen LogP contribution in [0.2, 0.25) is 5.04 Å². The maximum atomic E-state index is 7.44. The molecule has 1 aliphatic carbocycles. The molecule has 2 aromatic carbocycles. The van der Waals surface area contributed by atoms with Crippen LogP contribution in [-0.4, -0.2) is 49.7 Å². The van der Waals surface area contributed by atoms with E-state index < -0.39 is 8.32 Å². The molecule has 3 unspecified atom stereocenters. The number of rotatable bonds is 10. The smallest absolute Gasteiger partial charge is 0.256 e. The average molecular weight is 529 g/mol. The predicted octanol–water partition coefficient (Wildman–Crippen LogP) is 6.25. The Hall–Kier alpha value is -2.32. The molecule has 37 heavy (non-hydrogen) atoms. The summed E-state index contributed by atoms with van der Waals surface area (Å²) >= 11 is 0. The van der Waals surface area contributed by atoms with Gasteiger partial charge in [-0.05, 0) is 48.5 Å². The van der Waals surface area contributed by atoms with Crippen LogP contribution < -0.4 is 19.4 Å². The van der Waals surface area contributed by atoms with Crippen LogP contribution in [0.1, 0.15) is 64.7 Å². The van der Waals surface area contributed by atoms with Crippen LogP contribution in [0.25, 0.3) is 0 Å². The minimum absolute atomic E-state index is 0.0306. The molecule has 3 rings (SSSR count). The van der Waals surface area contributed by atoms with E-state index in [1.807, 2.05) is 6.07 Å². The van der Waals surface area contributed by atoms with Gasteiger partial charge >= 0.3 is 0 Å². The Labute approximate surface area is 224 Å². The number of benzene rings is 2. The van der Waals surface area contributed by atoms with Crippen molar-refractivity contribution in [3.63, 3.8) is 0 Å². The van der Waals surface area contributed by atoms with E-state index in [0.717, 1.165) is 24.0 Å². The van der Waals surface area contributed by atoms with E-state index in [2.05, 4.69) is 71.0 Å². The van der Waals surface area contributed by atoms with Gasteiger partial charge in [0.05, 0.1) is 27.4 Å². The summed E-state index contributed by atoms with van der Waals surface area (Å²) in [5.41, 5.74) is 2.10. The van der Waals surface area contributed by atoms with Crippen LogP contribution in [0.15, 0.2) is 47.7 Å². The maximum Gasteiger partial charge on any atom is 0.256 e. The molecule has 0 N–H and O–H groups in total. The lowest BCUT2D eigenvalue weighted by Crippen LogP contribution is -2.60. The second kappa shape index (κ2) is 12.5. The fraction of sp³-hybridized carbons (Fsp3) is 0.533. The molecule has 0 aliphatic heterocycles. The van der Waals surface area contributed by atoms with Crippen LogP contribution in [0.5, 0.6) is 17.2 Å². The topological polar surface area (TPSA) is 55.4 Å². The number of fused-ring (bicyclic) bond motifs is 1. The van der Waals surface area contributed by atoms with Crippen molar-refractivity contribution in [2.75, 3.05) is 35.2 Å². The summed E-state index contributed by atoms with van der Waals surface area (Å²) < 4.78 is 36.3. The van der Waals surface area contributed by atoms with Gasteiger partial charge in [0.25, 0.3) is 8.32 Å². The molecule has 0 amide bonds. The first-order valence-corrected chi connectivity index (χ1v) is 14.9. The summed E-state index contributed by atoms with van der Waals surface area (Å²) in [6.45, 7) is 11.5. The lowest BCUT2D eigenvalue weighted by atomic mass is 9.98. The van der Waals surface area contributed by atoms with Crippen molar-refractivity contribution in [3.05, 3.63) is 58.8 Å². The number of ether oxygens (including phenoxy) is 5. The Balaban J connectivity index is 2.13. The summed E-state index contributed by atoms with van der Waals surface area (Å²) in [5, 5.41) is 2.54. The van der Waals surface area contributed by atoms with Crippen molar-refractivity contribution in [2.24, 2.45) is 0 Å². The third-order valence-corrected chi connectivity index (χ3v) is 12.8. The van der Waals surface area contributed by atoms with Gasteiger partial charge in [0.15, 0.2) is 11.5 Å². The van der Waals surface area contributed by atoms with Gasteiger partial charge < -0.3 is 28.1 Å². The molecule has 0 fully saturated rings. The van der Waals surface area contributed by atoms with Crippen molar-refractivity contribution in [2.45, 2.75) is 71.1 Å². The highest BCUT2D eigenvalue weighted by molar-refractivity contribution is 6.94. The Kier molecular flexibility index (Phi) is 9.86. The van der Waals surface area contributed by atoms with E-state index in [1.54, 1.807) is 28.4 Å².